The quantitative estimate of drug-likeness (QED) is 0.0325. The summed E-state index contributed by atoms with van der Waals surface area (Å²) in [4.78, 5) is 71.2. The van der Waals surface area contributed by atoms with Crippen molar-refractivity contribution in [1.29, 1.82) is 0 Å². The number of aromatic nitrogens is 8. The van der Waals surface area contributed by atoms with Crippen LogP contribution in [0.25, 0.3) is 90.8 Å². The number of carbonyl (C=O) groups is 2. The summed E-state index contributed by atoms with van der Waals surface area (Å²) >= 11 is 3.83. The summed E-state index contributed by atoms with van der Waals surface area (Å²) in [5.74, 6) is 4.28. The van der Waals surface area contributed by atoms with E-state index in [-0.39, 0.29) is 102 Å². The molecule has 108 heavy (non-hydrogen) atoms. The topological polar surface area (TPSA) is 179 Å². The van der Waals surface area contributed by atoms with Crippen molar-refractivity contribution < 1.29 is 71.3 Å². The molecule has 15 heteroatoms. The Morgan fingerprint density at radius 1 is 0.389 bits per heavy atom. The van der Waals surface area contributed by atoms with Gasteiger partial charge in [0.05, 0.1) is 17.9 Å². The number of benzene rings is 6. The van der Waals surface area contributed by atoms with Crippen molar-refractivity contribution in [2.24, 2.45) is 21.7 Å². The Labute approximate surface area is 678 Å². The Bertz CT molecular complexity index is 4130. The van der Waals surface area contributed by atoms with Crippen LogP contribution in [0.2, 0.25) is 0 Å². The van der Waals surface area contributed by atoms with Crippen LogP contribution in [0, 0.1) is 51.8 Å². The molecule has 0 unspecified atom stereocenters. The van der Waals surface area contributed by atoms with Gasteiger partial charge in [0.25, 0.3) is 0 Å². The third kappa shape index (κ3) is 28.2. The van der Waals surface area contributed by atoms with Gasteiger partial charge in [-0.2, -0.15) is 0 Å². The summed E-state index contributed by atoms with van der Waals surface area (Å²) in [6.45, 7) is 55.0. The van der Waals surface area contributed by atoms with Crippen molar-refractivity contribution in [2.45, 2.75) is 194 Å². The van der Waals surface area contributed by atoms with Gasteiger partial charge in [-0.1, -0.05) is 273 Å². The fraction of sp³-hybridized carbons (Fsp3) is 0.355. The van der Waals surface area contributed by atoms with Crippen LogP contribution in [0.5, 0.6) is 0 Å². The van der Waals surface area contributed by atoms with Gasteiger partial charge in [0.15, 0.2) is 34.9 Å². The molecule has 0 aliphatic carbocycles. The molecule has 0 aliphatic heterocycles. The first-order valence-electron chi connectivity index (χ1n) is 35.9. The van der Waals surface area contributed by atoms with E-state index in [0.717, 1.165) is 55.9 Å². The summed E-state index contributed by atoms with van der Waals surface area (Å²) in [5, 5.41) is 9.60. The molecule has 10 rings (SSSR count). The molecule has 0 atom stereocenters. The average molecular weight is 1830 g/mol. The molecular formula is C93H114ClIr2N8O4-. The Hall–Kier alpha value is -8.48. The number of pyridine rings is 2. The monoisotopic (exact) mass is 1830 g/mol. The van der Waals surface area contributed by atoms with Crippen molar-refractivity contribution >= 4 is 17.3 Å². The number of carbonyl (C=O) groups excluding carboxylic acids is 3. The molecule has 0 bridgehead atoms. The van der Waals surface area contributed by atoms with Crippen LogP contribution in [0.4, 0.5) is 0 Å². The van der Waals surface area contributed by atoms with Crippen molar-refractivity contribution in [2.75, 3.05) is 0 Å². The fourth-order valence-electron chi connectivity index (χ4n) is 9.78. The molecule has 10 aromatic rings. The van der Waals surface area contributed by atoms with Crippen LogP contribution < -0.4 is 0 Å². The zero-order valence-corrected chi connectivity index (χ0v) is 73.7. The Kier molecular flexibility index (Phi) is 34.5. The molecule has 0 saturated heterocycles. The molecule has 4 heterocycles. The van der Waals surface area contributed by atoms with E-state index in [9.17, 15) is 19.5 Å². The minimum absolute atomic E-state index is 0. The summed E-state index contributed by atoms with van der Waals surface area (Å²) < 4.78 is 0. The molecule has 0 aliphatic rings. The standard InChI is InChI=1S/2C34H33N4.2C11H20O2.C2H4.CH3Cl.2Ir/c2*1-33(2,3)27-16-12-24(13-17-27)30-36-31(25-14-18-28(19-15-25)34(4,5)6)38-32(37-30)26-20-21-35-29(22-26)23-10-8-7-9-11-23;2*1-10(2,3)8(12)7-9(13)11(4,5)6;2*1-2;;/h2*7-10,12-22H,1-6H3;7H2,1-6H3;7,12H,1-6H3;1-2H2;2H,1H2;;/q2*-1;;;;;;/p+1. The maximum Gasteiger partial charge on any atom is 0.325 e. The van der Waals surface area contributed by atoms with Crippen molar-refractivity contribution in [3.63, 3.8) is 0 Å². The number of allylic oxidation sites excluding steroid dienone is 2. The molecule has 0 amide bonds. The second kappa shape index (κ2) is 39.8. The first-order chi connectivity index (χ1) is 49.2. The molecule has 2 N–H and O–H groups in total. The van der Waals surface area contributed by atoms with E-state index < -0.39 is 10.8 Å². The van der Waals surface area contributed by atoms with Gasteiger partial charge in [0.2, 0.25) is 0 Å². The number of rotatable bonds is 11. The summed E-state index contributed by atoms with van der Waals surface area (Å²) in [6, 6.07) is 64.2. The number of aliphatic hydroxyl groups excluding tert-OH is 1. The zero-order chi connectivity index (χ0) is 79.6. The molecule has 12 nitrogen and oxygen atoms in total. The van der Waals surface area contributed by atoms with E-state index >= 15 is 0 Å². The average Bonchev–Trinajstić information content (AvgIpc) is 0.793. The zero-order valence-electron chi connectivity index (χ0n) is 68.1. The van der Waals surface area contributed by atoms with Crippen LogP contribution in [-0.4, -0.2) is 67.1 Å². The van der Waals surface area contributed by atoms with Crippen LogP contribution >= 0.6 is 0 Å². The first kappa shape index (κ1) is 93.7. The second-order valence-electron chi connectivity index (χ2n) is 34.3. The van der Waals surface area contributed by atoms with E-state index in [1.165, 1.54) is 28.3 Å². The third-order valence-electron chi connectivity index (χ3n) is 17.1. The molecule has 6 aromatic carbocycles. The van der Waals surface area contributed by atoms with Crippen molar-refractivity contribution in [3.05, 3.63) is 248 Å². The van der Waals surface area contributed by atoms with Crippen LogP contribution in [0.15, 0.2) is 207 Å². The number of halogens is 1. The number of hydrogen-bond acceptors (Lipinski definition) is 11. The Morgan fingerprint density at radius 3 is 0.843 bits per heavy atom. The largest absolute Gasteiger partial charge is 0.511 e. The van der Waals surface area contributed by atoms with E-state index in [1.54, 1.807) is 12.4 Å². The van der Waals surface area contributed by atoms with Gasteiger partial charge < -0.3 is 15.1 Å². The molecule has 0 saturated carbocycles. The molecule has 2 radical (unpaired) electrons. The Morgan fingerprint density at radius 2 is 0.639 bits per heavy atom. The predicted octanol–water partition coefficient (Wildman–Crippen LogP) is 23.2. The van der Waals surface area contributed by atoms with Gasteiger partial charge in [0.1, 0.15) is 17.3 Å². The van der Waals surface area contributed by atoms with E-state index in [2.05, 4.69) is 233 Å². The van der Waals surface area contributed by atoms with Crippen molar-refractivity contribution in [3.8, 4) is 90.8 Å². The van der Waals surface area contributed by atoms with Gasteiger partial charge in [0, 0.05) is 102 Å². The van der Waals surface area contributed by atoms with E-state index in [0.29, 0.717) is 34.9 Å². The number of Topliss-reactive ketones (excluding diaryl/α,β-unsaturated/α-hetero) is 2. The number of aliphatic hydroxyl groups is 1. The van der Waals surface area contributed by atoms with Gasteiger partial charge in [-0.25, -0.2) is 29.9 Å². The number of ketones is 3. The van der Waals surface area contributed by atoms with E-state index in [1.807, 2.05) is 156 Å². The van der Waals surface area contributed by atoms with Gasteiger partial charge in [-0.05, 0) is 88.2 Å². The molecule has 4 aromatic heterocycles. The normalized spacial score (nSPS) is 11.8. The second-order valence-corrected chi connectivity index (χ2v) is 34.3. The first-order valence-corrected chi connectivity index (χ1v) is 36.5. The van der Waals surface area contributed by atoms with Gasteiger partial charge >= 0.3 is 5.78 Å². The summed E-state index contributed by atoms with van der Waals surface area (Å²) in [6.07, 6.45) is 7.93. The van der Waals surface area contributed by atoms with Crippen LogP contribution in [-0.2, 0) is 71.5 Å². The molecule has 576 valence electrons. The number of nitrogens with zero attached hydrogens (tertiary/aromatic N) is 8. The SMILES string of the molecule is C=C.CC(C)(C)C(=O)CC(=O)C(C)(C)C.CC(C)(C)C(=[OH+])C=C(O)C(C)(C)C.CC(C)(C)c1ccc(-c2nc(-c3ccc(C(C)(C)C)cc3)nc(-c3ccnc(-c4[c-]cccc4)c3)n2)cc1.CC(C)(C)c1ccc(-c2nc(-c3ccc(C(C)(C)C)cc3)nc(-c3ccnc(-c4[c-]cccc4)c3)n2)cc1.[CH2-][ClH+].[Ir].[Ir]. The molecule has 0 fully saturated rings. The smallest absolute Gasteiger partial charge is 0.325 e. The predicted molar refractivity (Wildman–Crippen MR) is 439 cm³/mol. The summed E-state index contributed by atoms with van der Waals surface area (Å²) in [7, 11) is 0. The van der Waals surface area contributed by atoms with E-state index in [4.69, 9.17) is 29.9 Å². The minimum atomic E-state index is -0.402. The fourth-order valence-corrected chi connectivity index (χ4v) is 9.78. The number of hydrogen-bond donors (Lipinski definition) is 1. The maximum atomic E-state index is 11.5. The van der Waals surface area contributed by atoms with Gasteiger partial charge in [-0.3, -0.25) is 14.4 Å². The maximum absolute atomic E-state index is 11.5. The molecule has 0 spiro atoms. The van der Waals surface area contributed by atoms with Crippen molar-refractivity contribution in [1.82, 2.24) is 39.9 Å². The van der Waals surface area contributed by atoms with Crippen LogP contribution in [0.3, 0.4) is 0 Å². The third-order valence-corrected chi connectivity index (χ3v) is 17.1. The van der Waals surface area contributed by atoms with Gasteiger partial charge in [-0.15, -0.1) is 84.9 Å². The summed E-state index contributed by atoms with van der Waals surface area (Å²) in [5.41, 5.74) is 13.1. The Balaban J connectivity index is 0.000000405. The van der Waals surface area contributed by atoms with Crippen LogP contribution in [0.1, 0.15) is 195 Å². The molecular weight excluding hydrogens is 1710 g/mol. The minimum Gasteiger partial charge on any atom is -0.511 e.